The molecule has 0 aromatic heterocycles. The Morgan fingerprint density at radius 3 is 2.50 bits per heavy atom. The zero-order chi connectivity index (χ0) is 11.5. The van der Waals surface area contributed by atoms with E-state index in [1.165, 1.54) is 0 Å². The molecule has 1 atom stereocenters. The summed E-state index contributed by atoms with van der Waals surface area (Å²) in [5.74, 6) is 0.210. The molecule has 1 amide bonds. The number of β-amino-alcohol motifs (C(OH)–C–C–N with tert-alkyl or cyclic N) is 1. The number of likely N-dealkylation sites (N-methyl/N-ethyl adjacent to an activating group) is 1. The lowest BCUT2D eigenvalue weighted by Gasteiger charge is -2.33. The highest BCUT2D eigenvalue weighted by Crippen LogP contribution is 2.09. The summed E-state index contributed by atoms with van der Waals surface area (Å²) >= 11 is 0. The van der Waals surface area contributed by atoms with Crippen LogP contribution in [0.25, 0.3) is 0 Å². The molecule has 5 nitrogen and oxygen atoms in total. The van der Waals surface area contributed by atoms with Crippen molar-refractivity contribution in [3.8, 4) is 0 Å². The van der Waals surface area contributed by atoms with E-state index in [0.717, 1.165) is 39.1 Å². The van der Waals surface area contributed by atoms with Gasteiger partial charge in [-0.15, -0.1) is 0 Å². The quantitative estimate of drug-likeness (QED) is 0.645. The van der Waals surface area contributed by atoms with Crippen LogP contribution in [0.2, 0.25) is 0 Å². The van der Waals surface area contributed by atoms with Gasteiger partial charge in [0, 0.05) is 39.3 Å². The smallest absolute Gasteiger partial charge is 0.236 e. The lowest BCUT2D eigenvalue weighted by Crippen LogP contribution is -2.49. The highest BCUT2D eigenvalue weighted by atomic mass is 16.3. The fourth-order valence-electron chi connectivity index (χ4n) is 2.30. The normalized spacial score (nSPS) is 28.6. The van der Waals surface area contributed by atoms with E-state index in [0.29, 0.717) is 13.1 Å². The molecule has 16 heavy (non-hydrogen) atoms. The van der Waals surface area contributed by atoms with Crippen LogP contribution in [0.5, 0.6) is 0 Å². The van der Waals surface area contributed by atoms with Gasteiger partial charge in [0.2, 0.25) is 5.91 Å². The van der Waals surface area contributed by atoms with Gasteiger partial charge in [-0.1, -0.05) is 0 Å². The third-order valence-corrected chi connectivity index (χ3v) is 3.46. The number of likely N-dealkylation sites (tertiary alicyclic amines) is 1. The zero-order valence-electron chi connectivity index (χ0n) is 9.93. The van der Waals surface area contributed by atoms with E-state index in [1.807, 2.05) is 9.80 Å². The molecule has 0 aliphatic carbocycles. The van der Waals surface area contributed by atoms with Crippen LogP contribution in [-0.4, -0.2) is 84.7 Å². The molecule has 0 spiro atoms. The summed E-state index contributed by atoms with van der Waals surface area (Å²) in [6.45, 7) is 5.58. The Morgan fingerprint density at radius 2 is 1.94 bits per heavy atom. The Hall–Kier alpha value is -0.650. The van der Waals surface area contributed by atoms with Crippen LogP contribution in [0.4, 0.5) is 0 Å². The van der Waals surface area contributed by atoms with Gasteiger partial charge < -0.3 is 14.9 Å². The Labute approximate surface area is 96.6 Å². The second-order valence-electron chi connectivity index (χ2n) is 4.86. The molecule has 2 saturated heterocycles. The fourth-order valence-corrected chi connectivity index (χ4v) is 2.30. The molecule has 5 heteroatoms. The number of hydrogen-bond acceptors (Lipinski definition) is 4. The van der Waals surface area contributed by atoms with Gasteiger partial charge >= 0.3 is 0 Å². The molecule has 0 aromatic carbocycles. The van der Waals surface area contributed by atoms with Gasteiger partial charge in [0.25, 0.3) is 0 Å². The van der Waals surface area contributed by atoms with Crippen molar-refractivity contribution in [2.45, 2.75) is 12.5 Å². The molecule has 2 heterocycles. The van der Waals surface area contributed by atoms with Crippen LogP contribution < -0.4 is 0 Å². The molecule has 0 aromatic rings. The SMILES string of the molecule is CN1CCN(C(=O)CN2CCC(O)C2)CC1. The monoisotopic (exact) mass is 227 g/mol. The van der Waals surface area contributed by atoms with Gasteiger partial charge in [0.15, 0.2) is 0 Å². The van der Waals surface area contributed by atoms with E-state index in [4.69, 9.17) is 0 Å². The molecular weight excluding hydrogens is 206 g/mol. The second kappa shape index (κ2) is 5.12. The van der Waals surface area contributed by atoms with Crippen molar-refractivity contribution in [3.63, 3.8) is 0 Å². The van der Waals surface area contributed by atoms with Gasteiger partial charge in [-0.25, -0.2) is 0 Å². The van der Waals surface area contributed by atoms with Crippen molar-refractivity contribution in [2.75, 3.05) is 52.9 Å². The minimum Gasteiger partial charge on any atom is -0.392 e. The molecular formula is C11H21N3O2. The van der Waals surface area contributed by atoms with E-state index in [-0.39, 0.29) is 12.0 Å². The summed E-state index contributed by atoms with van der Waals surface area (Å²) < 4.78 is 0. The molecule has 2 aliphatic heterocycles. The van der Waals surface area contributed by atoms with Gasteiger partial charge in [-0.05, 0) is 13.5 Å². The number of piperazine rings is 1. The lowest BCUT2D eigenvalue weighted by atomic mass is 10.3. The first-order valence-corrected chi connectivity index (χ1v) is 6.02. The number of rotatable bonds is 2. The summed E-state index contributed by atoms with van der Waals surface area (Å²) in [7, 11) is 2.08. The number of aliphatic hydroxyl groups excluding tert-OH is 1. The molecule has 1 N–H and O–H groups in total. The van der Waals surface area contributed by atoms with E-state index in [9.17, 15) is 9.90 Å². The Balaban J connectivity index is 1.75. The summed E-state index contributed by atoms with van der Waals surface area (Å²) in [6, 6.07) is 0. The molecule has 1 unspecified atom stereocenters. The predicted molar refractivity (Wildman–Crippen MR) is 61.1 cm³/mol. The van der Waals surface area contributed by atoms with Crippen molar-refractivity contribution in [1.29, 1.82) is 0 Å². The molecule has 0 bridgehead atoms. The van der Waals surface area contributed by atoms with Crippen LogP contribution in [0.1, 0.15) is 6.42 Å². The molecule has 2 rings (SSSR count). The van der Waals surface area contributed by atoms with E-state index >= 15 is 0 Å². The number of amides is 1. The standard InChI is InChI=1S/C11H21N3O2/c1-12-4-6-14(7-5-12)11(16)9-13-3-2-10(15)8-13/h10,15H,2-9H2,1H3. The highest BCUT2D eigenvalue weighted by molar-refractivity contribution is 5.78. The molecule has 0 saturated carbocycles. The third kappa shape index (κ3) is 2.93. The number of aliphatic hydroxyl groups is 1. The highest BCUT2D eigenvalue weighted by Gasteiger charge is 2.25. The third-order valence-electron chi connectivity index (χ3n) is 3.46. The first kappa shape index (κ1) is 11.8. The Kier molecular flexibility index (Phi) is 3.78. The van der Waals surface area contributed by atoms with Crippen LogP contribution in [-0.2, 0) is 4.79 Å². The van der Waals surface area contributed by atoms with Crippen molar-refractivity contribution in [1.82, 2.24) is 14.7 Å². The maximum atomic E-state index is 12.0. The van der Waals surface area contributed by atoms with Crippen molar-refractivity contribution in [2.24, 2.45) is 0 Å². The Morgan fingerprint density at radius 1 is 1.25 bits per heavy atom. The lowest BCUT2D eigenvalue weighted by molar-refractivity contribution is -0.133. The average Bonchev–Trinajstić information content (AvgIpc) is 2.65. The zero-order valence-corrected chi connectivity index (χ0v) is 9.93. The van der Waals surface area contributed by atoms with Crippen LogP contribution in [0.15, 0.2) is 0 Å². The van der Waals surface area contributed by atoms with Gasteiger partial charge in [-0.3, -0.25) is 9.69 Å². The molecule has 92 valence electrons. The average molecular weight is 227 g/mol. The van der Waals surface area contributed by atoms with Gasteiger partial charge in [0.05, 0.1) is 12.6 Å². The Bertz CT molecular complexity index is 252. The van der Waals surface area contributed by atoms with Gasteiger partial charge in [0.1, 0.15) is 0 Å². The van der Waals surface area contributed by atoms with E-state index < -0.39 is 0 Å². The molecule has 0 radical (unpaired) electrons. The van der Waals surface area contributed by atoms with Crippen LogP contribution in [0, 0.1) is 0 Å². The van der Waals surface area contributed by atoms with Crippen molar-refractivity contribution < 1.29 is 9.90 Å². The molecule has 2 aliphatic rings. The van der Waals surface area contributed by atoms with E-state index in [1.54, 1.807) is 0 Å². The van der Waals surface area contributed by atoms with Crippen molar-refractivity contribution in [3.05, 3.63) is 0 Å². The second-order valence-corrected chi connectivity index (χ2v) is 4.86. The summed E-state index contributed by atoms with van der Waals surface area (Å²) in [6.07, 6.45) is 0.566. The van der Waals surface area contributed by atoms with Crippen LogP contribution >= 0.6 is 0 Å². The fraction of sp³-hybridized carbons (Fsp3) is 0.909. The van der Waals surface area contributed by atoms with Crippen LogP contribution in [0.3, 0.4) is 0 Å². The first-order valence-electron chi connectivity index (χ1n) is 6.02. The minimum absolute atomic E-state index is 0.210. The molecule has 2 fully saturated rings. The first-order chi connectivity index (χ1) is 7.65. The largest absolute Gasteiger partial charge is 0.392 e. The number of carbonyl (C=O) groups excluding carboxylic acids is 1. The maximum absolute atomic E-state index is 12.0. The topological polar surface area (TPSA) is 47.0 Å². The predicted octanol–water partition coefficient (Wildman–Crippen LogP) is -1.17. The van der Waals surface area contributed by atoms with Gasteiger partial charge in [-0.2, -0.15) is 0 Å². The van der Waals surface area contributed by atoms with E-state index in [2.05, 4.69) is 11.9 Å². The van der Waals surface area contributed by atoms with Crippen molar-refractivity contribution >= 4 is 5.91 Å². The number of carbonyl (C=O) groups is 1. The summed E-state index contributed by atoms with van der Waals surface area (Å²) in [5.41, 5.74) is 0. The number of hydrogen-bond donors (Lipinski definition) is 1. The number of nitrogens with zero attached hydrogens (tertiary/aromatic N) is 3. The summed E-state index contributed by atoms with van der Waals surface area (Å²) in [4.78, 5) is 18.2. The summed E-state index contributed by atoms with van der Waals surface area (Å²) in [5, 5.41) is 9.38. The minimum atomic E-state index is -0.236. The maximum Gasteiger partial charge on any atom is 0.236 e.